The molecule has 6 N–H and O–H groups in total. The molecule has 0 aliphatic rings. The molecule has 0 saturated heterocycles. The Morgan fingerprint density at radius 3 is 0.750 bits per heavy atom. The highest BCUT2D eigenvalue weighted by molar-refractivity contribution is 4.54. The van der Waals surface area contributed by atoms with Gasteiger partial charge >= 0.3 is 0 Å². The Labute approximate surface area is 224 Å². The van der Waals surface area contributed by atoms with E-state index in [0.29, 0.717) is 0 Å². The fraction of sp³-hybridized carbons (Fsp3) is 1.00. The molecule has 6 heteroatoms. The van der Waals surface area contributed by atoms with E-state index in [9.17, 15) is 0 Å². The van der Waals surface area contributed by atoms with E-state index >= 15 is 0 Å². The number of unbranched alkanes of at least 4 members (excludes halogenated alkanes) is 15. The normalized spacial score (nSPS) is 13.2. The van der Waals surface area contributed by atoms with E-state index in [-0.39, 0.29) is 19.8 Å². The third-order valence-corrected chi connectivity index (χ3v) is 6.30. The molecule has 0 aliphatic heterocycles. The van der Waals surface area contributed by atoms with Gasteiger partial charge < -0.3 is 30.6 Å². The molecule has 0 aromatic carbocycles. The Morgan fingerprint density at radius 1 is 0.333 bits per heavy atom. The maximum Gasteiger partial charge on any atom is 0.0770 e. The highest BCUT2D eigenvalue weighted by atomic mass is 16.3. The number of hydrogen-bond donors (Lipinski definition) is 6. The van der Waals surface area contributed by atoms with Crippen LogP contribution in [0.15, 0.2) is 0 Å². The first kappa shape index (κ1) is 40.3. The van der Waals surface area contributed by atoms with Crippen molar-refractivity contribution in [3.05, 3.63) is 0 Å². The number of hydrogen-bond acceptors (Lipinski definition) is 6. The van der Waals surface area contributed by atoms with Crippen molar-refractivity contribution in [1.29, 1.82) is 0 Å². The SMILES string of the molecule is CCCCCCC(O)CO.CCCCCCCCC(O)CO.CCCCCCCCCCC(O)CO. The molecule has 0 bridgehead atoms. The largest absolute Gasteiger partial charge is 0.394 e. The summed E-state index contributed by atoms with van der Waals surface area (Å²) in [5.41, 5.74) is 0. The van der Waals surface area contributed by atoms with Crippen molar-refractivity contribution < 1.29 is 30.6 Å². The maximum absolute atomic E-state index is 9.08. The van der Waals surface area contributed by atoms with Crippen molar-refractivity contribution in [2.75, 3.05) is 19.8 Å². The molecule has 0 rings (SSSR count). The lowest BCUT2D eigenvalue weighted by molar-refractivity contribution is 0.0859. The van der Waals surface area contributed by atoms with Gasteiger partial charge in [-0.3, -0.25) is 0 Å². The van der Waals surface area contributed by atoms with Crippen molar-refractivity contribution in [3.8, 4) is 0 Å². The van der Waals surface area contributed by atoms with Crippen molar-refractivity contribution in [2.45, 2.75) is 174 Å². The topological polar surface area (TPSA) is 121 Å². The first-order valence-electron chi connectivity index (χ1n) is 15.3. The zero-order valence-corrected chi connectivity index (χ0v) is 24.4. The standard InChI is InChI=1S/C12H26O2.C10H22O2.C8H18O2/c1-2-3-4-5-6-7-8-9-10-12(14)11-13;1-2-3-4-5-6-7-8-10(12)9-11;1-2-3-4-5-6-8(10)7-9/h12-14H,2-11H2,1H3;10-12H,2-9H2,1H3;8-10H,2-7H2,1H3. The predicted molar refractivity (Wildman–Crippen MR) is 153 cm³/mol. The molecular weight excluding hydrogens is 456 g/mol. The van der Waals surface area contributed by atoms with E-state index in [1.54, 1.807) is 0 Å². The zero-order valence-electron chi connectivity index (χ0n) is 24.4. The lowest BCUT2D eigenvalue weighted by atomic mass is 10.1. The summed E-state index contributed by atoms with van der Waals surface area (Å²) in [5, 5.41) is 52.5. The van der Waals surface area contributed by atoms with Gasteiger partial charge in [-0.05, 0) is 19.3 Å². The van der Waals surface area contributed by atoms with Crippen molar-refractivity contribution in [1.82, 2.24) is 0 Å². The quantitative estimate of drug-likeness (QED) is 0.0831. The van der Waals surface area contributed by atoms with Gasteiger partial charge in [0.1, 0.15) is 0 Å². The summed E-state index contributed by atoms with van der Waals surface area (Å²) in [5.74, 6) is 0. The molecule has 3 atom stereocenters. The molecule has 0 heterocycles. The van der Waals surface area contributed by atoms with E-state index in [4.69, 9.17) is 30.6 Å². The molecule has 0 aliphatic carbocycles. The minimum Gasteiger partial charge on any atom is -0.394 e. The van der Waals surface area contributed by atoms with Gasteiger partial charge in [-0.15, -0.1) is 0 Å². The van der Waals surface area contributed by atoms with Crippen LogP contribution in [0.1, 0.15) is 156 Å². The van der Waals surface area contributed by atoms with Crippen LogP contribution in [0.3, 0.4) is 0 Å². The lowest BCUT2D eigenvalue weighted by Crippen LogP contribution is -2.10. The summed E-state index contributed by atoms with van der Waals surface area (Å²) in [4.78, 5) is 0. The van der Waals surface area contributed by atoms with Crippen LogP contribution in [0, 0.1) is 0 Å². The molecular formula is C30H66O6. The van der Waals surface area contributed by atoms with Gasteiger partial charge in [0.2, 0.25) is 0 Å². The molecule has 0 aromatic heterocycles. The Balaban J connectivity index is -0.000000460. The smallest absolute Gasteiger partial charge is 0.0770 e. The van der Waals surface area contributed by atoms with Gasteiger partial charge in [0, 0.05) is 0 Å². The first-order chi connectivity index (χ1) is 17.4. The molecule has 3 unspecified atom stereocenters. The van der Waals surface area contributed by atoms with E-state index < -0.39 is 18.3 Å². The fourth-order valence-electron chi connectivity index (χ4n) is 3.75. The van der Waals surface area contributed by atoms with Crippen molar-refractivity contribution >= 4 is 0 Å². The minimum absolute atomic E-state index is 0.0868. The third kappa shape index (κ3) is 40.9. The van der Waals surface area contributed by atoms with E-state index in [0.717, 1.165) is 38.5 Å². The van der Waals surface area contributed by atoms with E-state index in [2.05, 4.69) is 20.8 Å². The second-order valence-corrected chi connectivity index (χ2v) is 10.2. The summed E-state index contributed by atoms with van der Waals surface area (Å²) in [7, 11) is 0. The van der Waals surface area contributed by atoms with Crippen molar-refractivity contribution in [2.24, 2.45) is 0 Å². The monoisotopic (exact) mass is 522 g/mol. The van der Waals surface area contributed by atoms with E-state index in [1.165, 1.54) is 96.3 Å². The number of aliphatic hydroxyl groups excluding tert-OH is 6. The van der Waals surface area contributed by atoms with E-state index in [1.807, 2.05) is 0 Å². The highest BCUT2D eigenvalue weighted by Crippen LogP contribution is 2.10. The third-order valence-electron chi connectivity index (χ3n) is 6.30. The average Bonchev–Trinajstić information content (AvgIpc) is 2.90. The molecule has 0 saturated carbocycles. The average molecular weight is 523 g/mol. The molecule has 0 radical (unpaired) electrons. The van der Waals surface area contributed by atoms with Gasteiger partial charge in [-0.1, -0.05) is 136 Å². The fourth-order valence-corrected chi connectivity index (χ4v) is 3.75. The van der Waals surface area contributed by atoms with Crippen LogP contribution in [0.2, 0.25) is 0 Å². The van der Waals surface area contributed by atoms with Gasteiger partial charge in [-0.25, -0.2) is 0 Å². The number of rotatable bonds is 24. The van der Waals surface area contributed by atoms with Crippen LogP contribution in [0.5, 0.6) is 0 Å². The van der Waals surface area contributed by atoms with Crippen molar-refractivity contribution in [3.63, 3.8) is 0 Å². The van der Waals surface area contributed by atoms with Crippen LogP contribution in [0.25, 0.3) is 0 Å². The first-order valence-corrected chi connectivity index (χ1v) is 15.3. The maximum atomic E-state index is 9.08. The molecule has 0 aromatic rings. The zero-order chi connectivity index (χ0) is 27.7. The Bertz CT molecular complexity index is 356. The van der Waals surface area contributed by atoms with Crippen LogP contribution in [-0.2, 0) is 0 Å². The summed E-state index contributed by atoms with van der Waals surface area (Å²) in [6.07, 6.45) is 23.1. The van der Waals surface area contributed by atoms with Gasteiger partial charge in [0.05, 0.1) is 38.1 Å². The summed E-state index contributed by atoms with van der Waals surface area (Å²) < 4.78 is 0. The molecule has 0 amide bonds. The summed E-state index contributed by atoms with van der Waals surface area (Å²) >= 11 is 0. The summed E-state index contributed by atoms with van der Waals surface area (Å²) in [6.45, 7) is 6.33. The van der Waals surface area contributed by atoms with Crippen LogP contribution >= 0.6 is 0 Å². The second-order valence-electron chi connectivity index (χ2n) is 10.2. The molecule has 0 fully saturated rings. The van der Waals surface area contributed by atoms with Gasteiger partial charge in [-0.2, -0.15) is 0 Å². The minimum atomic E-state index is -0.491. The van der Waals surface area contributed by atoms with Gasteiger partial charge in [0.25, 0.3) is 0 Å². The molecule has 222 valence electrons. The van der Waals surface area contributed by atoms with Crippen LogP contribution in [0.4, 0.5) is 0 Å². The predicted octanol–water partition coefficient (Wildman–Crippen LogP) is 6.27. The Hall–Kier alpha value is -0.240. The molecule has 0 spiro atoms. The van der Waals surface area contributed by atoms with Gasteiger partial charge in [0.15, 0.2) is 0 Å². The number of aliphatic hydroxyl groups is 6. The highest BCUT2D eigenvalue weighted by Gasteiger charge is 2.01. The Morgan fingerprint density at radius 2 is 0.528 bits per heavy atom. The van der Waals surface area contributed by atoms with Crippen LogP contribution in [-0.4, -0.2) is 68.8 Å². The molecule has 36 heavy (non-hydrogen) atoms. The second kappa shape index (κ2) is 36.9. The Kier molecular flexibility index (Phi) is 41.3. The molecule has 6 nitrogen and oxygen atoms in total. The van der Waals surface area contributed by atoms with Crippen LogP contribution < -0.4 is 0 Å². The lowest BCUT2D eigenvalue weighted by Gasteiger charge is -2.06. The summed E-state index contributed by atoms with van der Waals surface area (Å²) in [6, 6.07) is 0.